The first-order valence-electron chi connectivity index (χ1n) is 8.43. The molecule has 1 aliphatic heterocycles. The number of anilines is 1. The van der Waals surface area contributed by atoms with E-state index in [1.807, 2.05) is 0 Å². The Morgan fingerprint density at radius 1 is 1.30 bits per heavy atom. The van der Waals surface area contributed by atoms with Crippen LogP contribution >= 0.6 is 0 Å². The molecule has 1 amide bonds. The zero-order chi connectivity index (χ0) is 19.6. The van der Waals surface area contributed by atoms with Gasteiger partial charge in [-0.25, -0.2) is 9.37 Å². The molecule has 0 radical (unpaired) electrons. The van der Waals surface area contributed by atoms with E-state index in [0.717, 1.165) is 12.3 Å². The first-order chi connectivity index (χ1) is 12.8. The number of likely N-dealkylation sites (N-methyl/N-ethyl adjacent to an activating group) is 1. The van der Waals surface area contributed by atoms with Crippen LogP contribution in [0.15, 0.2) is 36.8 Å². The Bertz CT molecular complexity index is 827. The summed E-state index contributed by atoms with van der Waals surface area (Å²) in [4.78, 5) is 23.0. The van der Waals surface area contributed by atoms with E-state index in [-0.39, 0.29) is 24.0 Å². The molecule has 2 aromatic heterocycles. The second-order valence-electron chi connectivity index (χ2n) is 6.39. The second-order valence-corrected chi connectivity index (χ2v) is 6.39. The topological polar surface area (TPSA) is 49.3 Å². The van der Waals surface area contributed by atoms with Crippen LogP contribution in [0.2, 0.25) is 0 Å². The van der Waals surface area contributed by atoms with Gasteiger partial charge in [0.05, 0.1) is 17.3 Å². The van der Waals surface area contributed by atoms with Crippen molar-refractivity contribution in [2.75, 3.05) is 25.0 Å². The predicted octanol–water partition coefficient (Wildman–Crippen LogP) is 3.38. The molecule has 0 saturated carbocycles. The molecule has 1 fully saturated rings. The Morgan fingerprint density at radius 3 is 2.78 bits per heavy atom. The molecule has 2 aromatic rings. The summed E-state index contributed by atoms with van der Waals surface area (Å²) in [7, 11) is 1.53. The van der Waals surface area contributed by atoms with Gasteiger partial charge in [0.25, 0.3) is 5.91 Å². The standard InChI is InChI=1S/C18H18F4N4O/c1-25(16-14(18(20,21)22)5-2-7-24-16)12-4-3-9-26(11-12)17(27)13-6-8-23-10-15(13)19/h2,5-8,10,12H,3-4,9,11H2,1H3. The molecule has 0 spiro atoms. The van der Waals surface area contributed by atoms with Gasteiger partial charge in [0.15, 0.2) is 5.82 Å². The lowest BCUT2D eigenvalue weighted by molar-refractivity contribution is -0.137. The first-order valence-corrected chi connectivity index (χ1v) is 8.43. The Morgan fingerprint density at radius 2 is 2.07 bits per heavy atom. The zero-order valence-corrected chi connectivity index (χ0v) is 14.6. The number of piperidine rings is 1. The maximum absolute atomic E-state index is 13.8. The third-order valence-corrected chi connectivity index (χ3v) is 4.66. The molecule has 9 heteroatoms. The Balaban J connectivity index is 1.81. The quantitative estimate of drug-likeness (QED) is 0.764. The van der Waals surface area contributed by atoms with Crippen LogP contribution in [0.5, 0.6) is 0 Å². The maximum atomic E-state index is 13.8. The maximum Gasteiger partial charge on any atom is 0.419 e. The van der Waals surface area contributed by atoms with E-state index < -0.39 is 23.5 Å². The van der Waals surface area contributed by atoms with Crippen LogP contribution in [0.1, 0.15) is 28.8 Å². The number of amides is 1. The summed E-state index contributed by atoms with van der Waals surface area (Å²) in [5, 5.41) is 0. The molecular formula is C18H18F4N4O. The number of rotatable bonds is 3. The summed E-state index contributed by atoms with van der Waals surface area (Å²) in [5.74, 6) is -1.40. The molecule has 3 rings (SSSR count). The molecule has 1 atom stereocenters. The Kier molecular flexibility index (Phi) is 5.29. The third-order valence-electron chi connectivity index (χ3n) is 4.66. The van der Waals surface area contributed by atoms with Crippen molar-refractivity contribution in [3.8, 4) is 0 Å². The predicted molar refractivity (Wildman–Crippen MR) is 90.8 cm³/mol. The number of carbonyl (C=O) groups excluding carboxylic acids is 1. The molecule has 0 bridgehead atoms. The van der Waals surface area contributed by atoms with Gasteiger partial charge in [0.2, 0.25) is 0 Å². The van der Waals surface area contributed by atoms with Gasteiger partial charge >= 0.3 is 6.18 Å². The van der Waals surface area contributed by atoms with Gasteiger partial charge in [-0.1, -0.05) is 0 Å². The fourth-order valence-electron chi connectivity index (χ4n) is 3.25. The van der Waals surface area contributed by atoms with E-state index in [4.69, 9.17) is 0 Å². The molecule has 1 unspecified atom stereocenters. The number of alkyl halides is 3. The molecule has 144 valence electrons. The molecule has 1 saturated heterocycles. The number of hydrogen-bond acceptors (Lipinski definition) is 4. The van der Waals surface area contributed by atoms with E-state index in [2.05, 4.69) is 9.97 Å². The van der Waals surface area contributed by atoms with Crippen LogP contribution in [0.4, 0.5) is 23.4 Å². The molecule has 27 heavy (non-hydrogen) atoms. The van der Waals surface area contributed by atoms with E-state index in [9.17, 15) is 22.4 Å². The molecule has 0 N–H and O–H groups in total. The summed E-state index contributed by atoms with van der Waals surface area (Å²) in [6, 6.07) is 3.16. The normalized spacial score (nSPS) is 17.7. The van der Waals surface area contributed by atoms with E-state index in [0.29, 0.717) is 19.4 Å². The van der Waals surface area contributed by atoms with Gasteiger partial charge in [0.1, 0.15) is 5.82 Å². The highest BCUT2D eigenvalue weighted by Crippen LogP contribution is 2.36. The Hall–Kier alpha value is -2.71. The van der Waals surface area contributed by atoms with Crippen LogP contribution in [-0.2, 0) is 6.18 Å². The number of nitrogens with zero attached hydrogens (tertiary/aromatic N) is 4. The molecule has 3 heterocycles. The average molecular weight is 382 g/mol. The van der Waals surface area contributed by atoms with E-state index in [1.54, 1.807) is 0 Å². The van der Waals surface area contributed by atoms with Crippen LogP contribution in [0, 0.1) is 5.82 Å². The highest BCUT2D eigenvalue weighted by molar-refractivity contribution is 5.94. The summed E-state index contributed by atoms with van der Waals surface area (Å²) in [5.41, 5.74) is -0.918. The van der Waals surface area contributed by atoms with Gasteiger partial charge < -0.3 is 9.80 Å². The van der Waals surface area contributed by atoms with Crippen molar-refractivity contribution in [3.05, 3.63) is 53.7 Å². The smallest absolute Gasteiger partial charge is 0.354 e. The molecule has 0 aliphatic carbocycles. The second kappa shape index (κ2) is 7.50. The summed E-state index contributed by atoms with van der Waals surface area (Å²) >= 11 is 0. The lowest BCUT2D eigenvalue weighted by Gasteiger charge is -2.38. The van der Waals surface area contributed by atoms with Crippen molar-refractivity contribution in [3.63, 3.8) is 0 Å². The first kappa shape index (κ1) is 19.1. The number of hydrogen-bond donors (Lipinski definition) is 0. The number of pyridine rings is 2. The third kappa shape index (κ3) is 4.01. The minimum absolute atomic E-state index is 0.0953. The van der Waals surface area contributed by atoms with Gasteiger partial charge in [-0.3, -0.25) is 9.78 Å². The fourth-order valence-corrected chi connectivity index (χ4v) is 3.25. The van der Waals surface area contributed by atoms with Crippen molar-refractivity contribution < 1.29 is 22.4 Å². The summed E-state index contributed by atoms with van der Waals surface area (Å²) in [6.07, 6.45) is 0.271. The van der Waals surface area contributed by atoms with Crippen LogP contribution in [-0.4, -0.2) is 47.0 Å². The lowest BCUT2D eigenvalue weighted by Crippen LogP contribution is -2.49. The average Bonchev–Trinajstić information content (AvgIpc) is 2.67. The minimum atomic E-state index is -4.53. The van der Waals surface area contributed by atoms with Crippen molar-refractivity contribution in [2.45, 2.75) is 25.1 Å². The number of carbonyl (C=O) groups is 1. The van der Waals surface area contributed by atoms with Gasteiger partial charge in [-0.15, -0.1) is 0 Å². The Labute approximate surface area is 153 Å². The van der Waals surface area contributed by atoms with Gasteiger partial charge in [0, 0.05) is 38.6 Å². The molecular weight excluding hydrogens is 364 g/mol. The van der Waals surface area contributed by atoms with Crippen LogP contribution in [0.3, 0.4) is 0 Å². The molecule has 1 aliphatic rings. The lowest BCUT2D eigenvalue weighted by atomic mass is 10.0. The van der Waals surface area contributed by atoms with Crippen LogP contribution in [0.25, 0.3) is 0 Å². The zero-order valence-electron chi connectivity index (χ0n) is 14.6. The number of halogens is 4. The SMILES string of the molecule is CN(c1ncccc1C(F)(F)F)C1CCCN(C(=O)c2ccncc2F)C1. The highest BCUT2D eigenvalue weighted by atomic mass is 19.4. The van der Waals surface area contributed by atoms with Gasteiger partial charge in [-0.2, -0.15) is 13.2 Å². The van der Waals surface area contributed by atoms with E-state index >= 15 is 0 Å². The van der Waals surface area contributed by atoms with Crippen molar-refractivity contribution in [1.29, 1.82) is 0 Å². The fraction of sp³-hybridized carbons (Fsp3) is 0.389. The van der Waals surface area contributed by atoms with Crippen molar-refractivity contribution in [1.82, 2.24) is 14.9 Å². The largest absolute Gasteiger partial charge is 0.419 e. The summed E-state index contributed by atoms with van der Waals surface area (Å²) < 4.78 is 53.6. The van der Waals surface area contributed by atoms with Crippen molar-refractivity contribution >= 4 is 11.7 Å². The number of aromatic nitrogens is 2. The van der Waals surface area contributed by atoms with E-state index in [1.165, 1.54) is 41.4 Å². The molecule has 0 aromatic carbocycles. The summed E-state index contributed by atoms with van der Waals surface area (Å²) in [6.45, 7) is 0.601. The van der Waals surface area contributed by atoms with Gasteiger partial charge in [-0.05, 0) is 31.0 Å². The monoisotopic (exact) mass is 382 g/mol. The minimum Gasteiger partial charge on any atom is -0.354 e. The number of likely N-dealkylation sites (tertiary alicyclic amines) is 1. The van der Waals surface area contributed by atoms with Crippen LogP contribution < -0.4 is 4.90 Å². The van der Waals surface area contributed by atoms with Crippen molar-refractivity contribution in [2.24, 2.45) is 0 Å². The highest BCUT2D eigenvalue weighted by Gasteiger charge is 2.37. The molecule has 5 nitrogen and oxygen atoms in total.